The number of carbonyl (C=O) groups excluding carboxylic acids is 2. The summed E-state index contributed by atoms with van der Waals surface area (Å²) in [6.07, 6.45) is 0.605. The monoisotopic (exact) mass is 323 g/mol. The minimum Gasteiger partial charge on any atom is -0.326 e. The molecule has 0 bridgehead atoms. The summed E-state index contributed by atoms with van der Waals surface area (Å²) >= 11 is 0. The predicted octanol–water partition coefficient (Wildman–Crippen LogP) is 3.23. The van der Waals surface area contributed by atoms with Gasteiger partial charge < -0.3 is 15.5 Å². The van der Waals surface area contributed by atoms with Gasteiger partial charge in [-0.2, -0.15) is 0 Å². The lowest BCUT2D eigenvalue weighted by molar-refractivity contribution is -0.118. The van der Waals surface area contributed by atoms with Crippen LogP contribution < -0.4 is 15.5 Å². The van der Waals surface area contributed by atoms with Crippen LogP contribution in [0.1, 0.15) is 17.5 Å². The molecule has 1 atom stereocenters. The Bertz CT molecular complexity index is 755. The highest BCUT2D eigenvalue weighted by molar-refractivity contribution is 6.02. The zero-order valence-corrected chi connectivity index (χ0v) is 13.9. The SMILES string of the molecule is Cc1ccc(N2CCC(NC(=O)Nc3cccc(C)c3)C2=O)cc1. The Hall–Kier alpha value is -2.82. The molecular weight excluding hydrogens is 302 g/mol. The molecule has 0 spiro atoms. The largest absolute Gasteiger partial charge is 0.326 e. The Labute approximate surface area is 141 Å². The molecule has 1 unspecified atom stereocenters. The molecule has 3 rings (SSSR count). The Balaban J connectivity index is 1.61. The summed E-state index contributed by atoms with van der Waals surface area (Å²) in [7, 11) is 0. The maximum Gasteiger partial charge on any atom is 0.319 e. The van der Waals surface area contributed by atoms with Gasteiger partial charge in [0.25, 0.3) is 0 Å². The standard InChI is InChI=1S/C19H21N3O2/c1-13-6-8-16(9-7-13)22-11-10-17(18(22)23)21-19(24)20-15-5-3-4-14(2)12-15/h3-9,12,17H,10-11H2,1-2H3,(H2,20,21,24). The highest BCUT2D eigenvalue weighted by atomic mass is 16.2. The van der Waals surface area contributed by atoms with E-state index in [9.17, 15) is 9.59 Å². The molecule has 5 heteroatoms. The summed E-state index contributed by atoms with van der Waals surface area (Å²) in [6.45, 7) is 4.58. The first-order valence-electron chi connectivity index (χ1n) is 8.05. The molecule has 24 heavy (non-hydrogen) atoms. The normalized spacial score (nSPS) is 17.0. The summed E-state index contributed by atoms with van der Waals surface area (Å²) in [4.78, 5) is 26.4. The summed E-state index contributed by atoms with van der Waals surface area (Å²) in [5, 5.41) is 5.54. The van der Waals surface area contributed by atoms with E-state index in [2.05, 4.69) is 10.6 Å². The van der Waals surface area contributed by atoms with Crippen molar-refractivity contribution < 1.29 is 9.59 Å². The molecule has 0 aliphatic carbocycles. The molecule has 3 amide bonds. The third-order valence-corrected chi connectivity index (χ3v) is 4.13. The lowest BCUT2D eigenvalue weighted by Crippen LogP contribution is -2.43. The van der Waals surface area contributed by atoms with Crippen LogP contribution in [0, 0.1) is 13.8 Å². The van der Waals surface area contributed by atoms with Crippen molar-refractivity contribution in [2.24, 2.45) is 0 Å². The minimum atomic E-state index is -0.490. The van der Waals surface area contributed by atoms with E-state index in [0.717, 1.165) is 16.8 Å². The van der Waals surface area contributed by atoms with Crippen LogP contribution in [-0.4, -0.2) is 24.5 Å². The summed E-state index contributed by atoms with van der Waals surface area (Å²) in [5.41, 5.74) is 3.80. The summed E-state index contributed by atoms with van der Waals surface area (Å²) in [6, 6.07) is 14.5. The molecular formula is C19H21N3O2. The van der Waals surface area contributed by atoms with Crippen molar-refractivity contribution in [1.29, 1.82) is 0 Å². The Morgan fingerprint density at radius 2 is 1.83 bits per heavy atom. The molecule has 1 saturated heterocycles. The van der Waals surface area contributed by atoms with Crippen LogP contribution in [0.2, 0.25) is 0 Å². The van der Waals surface area contributed by atoms with Gasteiger partial charge in [0.2, 0.25) is 5.91 Å². The number of hydrogen-bond donors (Lipinski definition) is 2. The molecule has 1 aliphatic rings. The fraction of sp³-hybridized carbons (Fsp3) is 0.263. The number of nitrogens with zero attached hydrogens (tertiary/aromatic N) is 1. The van der Waals surface area contributed by atoms with E-state index < -0.39 is 6.04 Å². The summed E-state index contributed by atoms with van der Waals surface area (Å²) in [5.74, 6) is -0.0711. The maximum absolute atomic E-state index is 12.5. The zero-order chi connectivity index (χ0) is 17.1. The Morgan fingerprint density at radius 3 is 2.54 bits per heavy atom. The van der Waals surface area contributed by atoms with E-state index in [4.69, 9.17) is 0 Å². The van der Waals surface area contributed by atoms with E-state index in [1.54, 1.807) is 4.90 Å². The van der Waals surface area contributed by atoms with E-state index in [-0.39, 0.29) is 11.9 Å². The van der Waals surface area contributed by atoms with Gasteiger partial charge in [-0.15, -0.1) is 0 Å². The lowest BCUT2D eigenvalue weighted by atomic mass is 10.2. The number of carbonyl (C=O) groups is 2. The molecule has 2 N–H and O–H groups in total. The molecule has 2 aromatic rings. The zero-order valence-electron chi connectivity index (χ0n) is 13.9. The second-order valence-corrected chi connectivity index (χ2v) is 6.13. The maximum atomic E-state index is 12.5. The molecule has 0 aromatic heterocycles. The van der Waals surface area contributed by atoms with Crippen molar-refractivity contribution in [3.8, 4) is 0 Å². The topological polar surface area (TPSA) is 61.4 Å². The van der Waals surface area contributed by atoms with Crippen LogP contribution in [0.3, 0.4) is 0 Å². The van der Waals surface area contributed by atoms with Crippen molar-refractivity contribution in [2.45, 2.75) is 26.3 Å². The van der Waals surface area contributed by atoms with Crippen LogP contribution in [0.15, 0.2) is 48.5 Å². The molecule has 0 radical (unpaired) electrons. The molecule has 1 fully saturated rings. The van der Waals surface area contributed by atoms with Gasteiger partial charge in [-0.3, -0.25) is 4.79 Å². The van der Waals surface area contributed by atoms with E-state index in [0.29, 0.717) is 18.7 Å². The van der Waals surface area contributed by atoms with Gasteiger partial charge in [0.15, 0.2) is 0 Å². The first kappa shape index (κ1) is 16.1. The van der Waals surface area contributed by atoms with E-state index >= 15 is 0 Å². The minimum absolute atomic E-state index is 0.0711. The second kappa shape index (κ2) is 6.74. The average Bonchev–Trinajstić information content (AvgIpc) is 2.89. The molecule has 0 saturated carbocycles. The molecule has 124 valence electrons. The van der Waals surface area contributed by atoms with E-state index in [1.807, 2.05) is 62.4 Å². The van der Waals surface area contributed by atoms with Crippen molar-refractivity contribution in [3.05, 3.63) is 59.7 Å². The lowest BCUT2D eigenvalue weighted by Gasteiger charge is -2.17. The quantitative estimate of drug-likeness (QED) is 0.911. The second-order valence-electron chi connectivity index (χ2n) is 6.13. The number of benzene rings is 2. The smallest absolute Gasteiger partial charge is 0.319 e. The van der Waals surface area contributed by atoms with Crippen molar-refractivity contribution in [2.75, 3.05) is 16.8 Å². The van der Waals surface area contributed by atoms with Gasteiger partial charge in [0, 0.05) is 17.9 Å². The Kier molecular flexibility index (Phi) is 4.51. The predicted molar refractivity (Wildman–Crippen MR) is 95.3 cm³/mol. The number of anilines is 2. The van der Waals surface area contributed by atoms with Gasteiger partial charge in [-0.25, -0.2) is 4.79 Å². The third-order valence-electron chi connectivity index (χ3n) is 4.13. The van der Waals surface area contributed by atoms with Crippen LogP contribution in [0.25, 0.3) is 0 Å². The van der Waals surface area contributed by atoms with Gasteiger partial charge in [-0.05, 0) is 50.1 Å². The van der Waals surface area contributed by atoms with Crippen LogP contribution in [0.5, 0.6) is 0 Å². The van der Waals surface area contributed by atoms with Gasteiger partial charge in [0.1, 0.15) is 6.04 Å². The van der Waals surface area contributed by atoms with Crippen molar-refractivity contribution >= 4 is 23.3 Å². The number of hydrogen-bond acceptors (Lipinski definition) is 2. The fourth-order valence-electron chi connectivity index (χ4n) is 2.84. The van der Waals surface area contributed by atoms with Gasteiger partial charge in [0.05, 0.1) is 0 Å². The number of nitrogens with one attached hydrogen (secondary N) is 2. The van der Waals surface area contributed by atoms with Crippen molar-refractivity contribution in [1.82, 2.24) is 5.32 Å². The van der Waals surface area contributed by atoms with E-state index in [1.165, 1.54) is 0 Å². The van der Waals surface area contributed by atoms with Crippen LogP contribution in [0.4, 0.5) is 16.2 Å². The van der Waals surface area contributed by atoms with Crippen LogP contribution >= 0.6 is 0 Å². The number of aryl methyl sites for hydroxylation is 2. The van der Waals surface area contributed by atoms with Gasteiger partial charge >= 0.3 is 6.03 Å². The molecule has 2 aromatic carbocycles. The molecule has 1 aliphatic heterocycles. The first-order valence-corrected chi connectivity index (χ1v) is 8.05. The van der Waals surface area contributed by atoms with Gasteiger partial charge in [-0.1, -0.05) is 29.8 Å². The molecule has 5 nitrogen and oxygen atoms in total. The number of amides is 3. The van der Waals surface area contributed by atoms with Crippen LogP contribution in [-0.2, 0) is 4.79 Å². The number of rotatable bonds is 3. The highest BCUT2D eigenvalue weighted by Gasteiger charge is 2.33. The fourth-order valence-corrected chi connectivity index (χ4v) is 2.84. The average molecular weight is 323 g/mol. The Morgan fingerprint density at radius 1 is 1.08 bits per heavy atom. The highest BCUT2D eigenvalue weighted by Crippen LogP contribution is 2.22. The summed E-state index contributed by atoms with van der Waals surface area (Å²) < 4.78 is 0. The third kappa shape index (κ3) is 3.56. The number of urea groups is 1. The first-order chi connectivity index (χ1) is 11.5. The molecule has 1 heterocycles. The van der Waals surface area contributed by atoms with Crippen molar-refractivity contribution in [3.63, 3.8) is 0 Å².